The van der Waals surface area contributed by atoms with Crippen molar-refractivity contribution in [1.29, 1.82) is 0 Å². The zero-order valence-corrected chi connectivity index (χ0v) is 13.3. The average molecular weight is 264 g/mol. The summed E-state index contributed by atoms with van der Waals surface area (Å²) in [6, 6.07) is 0. The second-order valence-corrected chi connectivity index (χ2v) is 9.28. The maximum absolute atomic E-state index is 12.2. The first-order valence-corrected chi connectivity index (χ1v) is 7.33. The van der Waals surface area contributed by atoms with Crippen molar-refractivity contribution in [3.63, 3.8) is 0 Å². The van der Waals surface area contributed by atoms with Gasteiger partial charge in [0, 0.05) is 27.2 Å². The van der Waals surface area contributed by atoms with Crippen LogP contribution in [0.25, 0.3) is 0 Å². The Labute approximate surface area is 107 Å². The van der Waals surface area contributed by atoms with E-state index in [2.05, 4.69) is 0 Å². The van der Waals surface area contributed by atoms with E-state index in [1.165, 1.54) is 8.61 Å². The lowest BCUT2D eigenvalue weighted by Crippen LogP contribution is -2.45. The van der Waals surface area contributed by atoms with E-state index in [4.69, 9.17) is 0 Å². The van der Waals surface area contributed by atoms with Gasteiger partial charge < -0.3 is 0 Å². The third-order valence-corrected chi connectivity index (χ3v) is 4.02. The summed E-state index contributed by atoms with van der Waals surface area (Å²) in [7, 11) is -0.0614. The van der Waals surface area contributed by atoms with Crippen LogP contribution in [0.4, 0.5) is 0 Å². The highest BCUT2D eigenvalue weighted by Crippen LogP contribution is 2.20. The summed E-state index contributed by atoms with van der Waals surface area (Å²) in [5.74, 6) is 0. The molecule has 4 nitrogen and oxygen atoms in total. The summed E-state index contributed by atoms with van der Waals surface area (Å²) in [4.78, 5) is 0. The molecule has 5 heteroatoms. The largest absolute Gasteiger partial charge is 0.281 e. The van der Waals surface area contributed by atoms with Crippen molar-refractivity contribution < 1.29 is 8.42 Å². The Kier molecular flexibility index (Phi) is 5.20. The van der Waals surface area contributed by atoms with Crippen LogP contribution in [0.1, 0.15) is 41.5 Å². The minimum absolute atomic E-state index is 0.0373. The molecule has 0 aromatic heterocycles. The van der Waals surface area contributed by atoms with E-state index in [1.807, 2.05) is 41.5 Å². The summed E-state index contributed by atoms with van der Waals surface area (Å²) in [6.45, 7) is 13.2. The van der Waals surface area contributed by atoms with Gasteiger partial charge >= 0.3 is 0 Å². The third-order valence-electron chi connectivity index (χ3n) is 2.18. The van der Waals surface area contributed by atoms with Gasteiger partial charge in [-0.25, -0.2) is 0 Å². The van der Waals surface area contributed by atoms with Gasteiger partial charge in [-0.1, -0.05) is 41.5 Å². The number of rotatable bonds is 4. The molecule has 0 aliphatic carbocycles. The Bertz CT molecular complexity index is 308. The lowest BCUT2D eigenvalue weighted by atomic mass is 9.97. The van der Waals surface area contributed by atoms with E-state index in [0.29, 0.717) is 13.1 Å². The van der Waals surface area contributed by atoms with Crippen molar-refractivity contribution in [1.82, 2.24) is 8.61 Å². The molecule has 0 spiro atoms. The van der Waals surface area contributed by atoms with E-state index in [9.17, 15) is 8.42 Å². The topological polar surface area (TPSA) is 40.6 Å². The fraction of sp³-hybridized carbons (Fsp3) is 1.00. The molecule has 0 unspecified atom stereocenters. The molecule has 0 saturated heterocycles. The Balaban J connectivity index is 4.78. The monoisotopic (exact) mass is 264 g/mol. The summed E-state index contributed by atoms with van der Waals surface area (Å²) >= 11 is 0. The lowest BCUT2D eigenvalue weighted by Gasteiger charge is -2.32. The van der Waals surface area contributed by atoms with E-state index in [1.54, 1.807) is 14.1 Å². The molecule has 17 heavy (non-hydrogen) atoms. The van der Waals surface area contributed by atoms with Crippen LogP contribution in [-0.4, -0.2) is 44.2 Å². The van der Waals surface area contributed by atoms with Crippen LogP contribution >= 0.6 is 0 Å². The Hall–Kier alpha value is -0.130. The summed E-state index contributed by atoms with van der Waals surface area (Å²) in [5, 5.41) is 0. The van der Waals surface area contributed by atoms with Crippen molar-refractivity contribution >= 4 is 10.2 Å². The summed E-state index contributed by atoms with van der Waals surface area (Å²) < 4.78 is 27.3. The highest BCUT2D eigenvalue weighted by atomic mass is 32.2. The predicted octanol–water partition coefficient (Wildman–Crippen LogP) is 2.19. The fourth-order valence-corrected chi connectivity index (χ4v) is 3.31. The zero-order valence-electron chi connectivity index (χ0n) is 12.5. The molecular weight excluding hydrogens is 236 g/mol. The molecule has 0 bridgehead atoms. The van der Waals surface area contributed by atoms with Crippen molar-refractivity contribution in [2.45, 2.75) is 41.5 Å². The zero-order chi connectivity index (χ0) is 14.1. The standard InChI is InChI=1S/C12H28N2O2S/c1-11(2,3)9-13(7)17(15,16)14(8)10-12(4,5)6/h9-10H2,1-8H3. The van der Waals surface area contributed by atoms with Crippen molar-refractivity contribution in [2.75, 3.05) is 27.2 Å². The molecule has 104 valence electrons. The highest BCUT2D eigenvalue weighted by molar-refractivity contribution is 7.86. The molecule has 0 N–H and O–H groups in total. The van der Waals surface area contributed by atoms with E-state index in [-0.39, 0.29) is 10.8 Å². The lowest BCUT2D eigenvalue weighted by molar-refractivity contribution is 0.267. The molecule has 0 saturated carbocycles. The summed E-state index contributed by atoms with van der Waals surface area (Å²) in [5.41, 5.74) is -0.0746. The molecule has 0 aliphatic heterocycles. The molecule has 0 radical (unpaired) electrons. The molecule has 0 amide bonds. The first-order valence-electron chi connectivity index (χ1n) is 5.93. The predicted molar refractivity (Wildman–Crippen MR) is 73.1 cm³/mol. The van der Waals surface area contributed by atoms with E-state index >= 15 is 0 Å². The third kappa shape index (κ3) is 6.38. The van der Waals surface area contributed by atoms with Gasteiger partial charge in [0.1, 0.15) is 0 Å². The SMILES string of the molecule is CN(CC(C)(C)C)S(=O)(=O)N(C)CC(C)(C)C. The second-order valence-electron chi connectivity index (χ2n) is 7.14. The van der Waals surface area contributed by atoms with Crippen LogP contribution in [0.15, 0.2) is 0 Å². The molecule has 0 aromatic carbocycles. The molecule has 0 heterocycles. The number of hydrogen-bond donors (Lipinski definition) is 0. The van der Waals surface area contributed by atoms with Gasteiger partial charge in [-0.05, 0) is 10.8 Å². The van der Waals surface area contributed by atoms with Crippen LogP contribution < -0.4 is 0 Å². The van der Waals surface area contributed by atoms with Gasteiger partial charge in [0.2, 0.25) is 0 Å². The van der Waals surface area contributed by atoms with E-state index in [0.717, 1.165) is 0 Å². The van der Waals surface area contributed by atoms with Gasteiger partial charge in [0.15, 0.2) is 0 Å². The number of nitrogens with zero attached hydrogens (tertiary/aromatic N) is 2. The maximum atomic E-state index is 12.2. The molecule has 0 fully saturated rings. The molecule has 0 aromatic rings. The van der Waals surface area contributed by atoms with Crippen LogP contribution in [-0.2, 0) is 10.2 Å². The van der Waals surface area contributed by atoms with Crippen molar-refractivity contribution in [3.8, 4) is 0 Å². The minimum atomic E-state index is -3.34. The number of hydrogen-bond acceptors (Lipinski definition) is 2. The molecule has 0 rings (SSSR count). The Morgan fingerprint density at radius 1 is 0.765 bits per heavy atom. The Morgan fingerprint density at radius 3 is 1.18 bits per heavy atom. The summed E-state index contributed by atoms with van der Waals surface area (Å²) in [6.07, 6.45) is 0. The molecule has 0 atom stereocenters. The second kappa shape index (κ2) is 5.24. The van der Waals surface area contributed by atoms with Gasteiger partial charge in [-0.3, -0.25) is 0 Å². The van der Waals surface area contributed by atoms with Gasteiger partial charge in [-0.15, -0.1) is 0 Å². The minimum Gasteiger partial charge on any atom is -0.195 e. The van der Waals surface area contributed by atoms with Crippen LogP contribution in [0.3, 0.4) is 0 Å². The average Bonchev–Trinajstić information content (AvgIpc) is 1.96. The van der Waals surface area contributed by atoms with Crippen LogP contribution in [0.5, 0.6) is 0 Å². The normalized spacial score (nSPS) is 14.7. The van der Waals surface area contributed by atoms with Gasteiger partial charge in [0.05, 0.1) is 0 Å². The highest BCUT2D eigenvalue weighted by Gasteiger charge is 2.29. The quantitative estimate of drug-likeness (QED) is 0.781. The molecular formula is C12H28N2O2S. The smallest absolute Gasteiger partial charge is 0.195 e. The van der Waals surface area contributed by atoms with E-state index < -0.39 is 10.2 Å². The van der Waals surface area contributed by atoms with Crippen molar-refractivity contribution in [2.24, 2.45) is 10.8 Å². The van der Waals surface area contributed by atoms with Crippen LogP contribution in [0.2, 0.25) is 0 Å². The fourth-order valence-electron chi connectivity index (χ4n) is 1.74. The first-order chi connectivity index (χ1) is 7.26. The maximum Gasteiger partial charge on any atom is 0.281 e. The van der Waals surface area contributed by atoms with Gasteiger partial charge in [-0.2, -0.15) is 17.0 Å². The van der Waals surface area contributed by atoms with Crippen molar-refractivity contribution in [3.05, 3.63) is 0 Å². The first kappa shape index (κ1) is 16.9. The van der Waals surface area contributed by atoms with Gasteiger partial charge in [0.25, 0.3) is 10.2 Å². The van der Waals surface area contributed by atoms with Crippen LogP contribution in [0, 0.1) is 10.8 Å². The Morgan fingerprint density at radius 2 is 1.00 bits per heavy atom. The molecule has 0 aliphatic rings.